The number of carboxylic acids is 1. The van der Waals surface area contributed by atoms with Crippen LogP contribution in [0.25, 0.3) is 17.4 Å². The second-order valence-electron chi connectivity index (χ2n) is 5.94. The van der Waals surface area contributed by atoms with E-state index in [4.69, 9.17) is 9.52 Å². The molecule has 1 saturated heterocycles. The lowest BCUT2D eigenvalue weighted by Gasteiger charge is -2.11. The van der Waals surface area contributed by atoms with Gasteiger partial charge in [0.25, 0.3) is 11.1 Å². The molecule has 0 radical (unpaired) electrons. The van der Waals surface area contributed by atoms with Gasteiger partial charge in [0.1, 0.15) is 11.5 Å². The lowest BCUT2D eigenvalue weighted by atomic mass is 10.1. The van der Waals surface area contributed by atoms with Crippen LogP contribution in [0.5, 0.6) is 0 Å². The Balaban J connectivity index is 1.58. The fourth-order valence-electron chi connectivity index (χ4n) is 2.76. The van der Waals surface area contributed by atoms with Crippen LogP contribution in [0.1, 0.15) is 16.1 Å². The Hall–Kier alpha value is -3.58. The Morgan fingerprint density at radius 1 is 0.964 bits per heavy atom. The number of imide groups is 1. The highest BCUT2D eigenvalue weighted by atomic mass is 32.2. The van der Waals surface area contributed by atoms with E-state index in [-0.39, 0.29) is 15.7 Å². The third-order valence-electron chi connectivity index (χ3n) is 4.12. The van der Waals surface area contributed by atoms with E-state index in [1.807, 2.05) is 6.07 Å². The molecule has 0 saturated carbocycles. The summed E-state index contributed by atoms with van der Waals surface area (Å²) in [4.78, 5) is 37.2. The first-order chi connectivity index (χ1) is 13.5. The van der Waals surface area contributed by atoms with E-state index in [1.165, 1.54) is 18.2 Å². The number of para-hydroxylation sites is 1. The number of hydrogen-bond donors (Lipinski definition) is 1. The predicted octanol–water partition coefficient (Wildman–Crippen LogP) is 4.89. The fourth-order valence-corrected chi connectivity index (χ4v) is 3.58. The van der Waals surface area contributed by atoms with Crippen LogP contribution >= 0.6 is 11.8 Å². The molecule has 1 N–H and O–H groups in total. The minimum atomic E-state index is -0.999. The van der Waals surface area contributed by atoms with Gasteiger partial charge in [-0.15, -0.1) is 0 Å². The Bertz CT molecular complexity index is 1100. The standard InChI is InChI=1S/C21H13NO5S/c23-19-18(28-21(26)22(19)15-4-2-1-3-5-15)12-16-10-11-17(27-16)13-6-8-14(9-7-13)20(24)25/h1-12H,(H,24,25)/b18-12-. The third kappa shape index (κ3) is 3.35. The zero-order valence-corrected chi connectivity index (χ0v) is 15.2. The summed E-state index contributed by atoms with van der Waals surface area (Å²) in [5, 5.41) is 8.60. The molecule has 0 spiro atoms. The van der Waals surface area contributed by atoms with Crippen molar-refractivity contribution in [2.45, 2.75) is 0 Å². The summed E-state index contributed by atoms with van der Waals surface area (Å²) in [5.74, 6) is -0.438. The van der Waals surface area contributed by atoms with Crippen LogP contribution in [0.4, 0.5) is 10.5 Å². The van der Waals surface area contributed by atoms with Crippen LogP contribution in [0, 0.1) is 0 Å². The van der Waals surface area contributed by atoms with Gasteiger partial charge in [-0.2, -0.15) is 0 Å². The van der Waals surface area contributed by atoms with Crippen molar-refractivity contribution in [2.24, 2.45) is 0 Å². The summed E-state index contributed by atoms with van der Waals surface area (Å²) in [6.45, 7) is 0. The molecule has 2 aromatic carbocycles. The maximum atomic E-state index is 12.6. The molecule has 2 amide bonds. The molecule has 0 unspecified atom stereocenters. The van der Waals surface area contributed by atoms with Crippen LogP contribution in [0.3, 0.4) is 0 Å². The second kappa shape index (κ2) is 7.21. The SMILES string of the molecule is O=C(O)c1ccc(-c2ccc(/C=C3\SC(=O)N(c4ccccc4)C3=O)o2)cc1. The average molecular weight is 391 g/mol. The number of carboxylic acid groups (broad SMARTS) is 1. The third-order valence-corrected chi connectivity index (χ3v) is 4.99. The van der Waals surface area contributed by atoms with Crippen LogP contribution in [0.15, 0.2) is 76.1 Å². The van der Waals surface area contributed by atoms with Crippen molar-refractivity contribution >= 4 is 40.6 Å². The van der Waals surface area contributed by atoms with Crippen molar-refractivity contribution < 1.29 is 23.9 Å². The van der Waals surface area contributed by atoms with Crippen molar-refractivity contribution in [1.29, 1.82) is 0 Å². The maximum Gasteiger partial charge on any atom is 0.335 e. The highest BCUT2D eigenvalue weighted by Crippen LogP contribution is 2.36. The Morgan fingerprint density at radius 3 is 2.36 bits per heavy atom. The highest BCUT2D eigenvalue weighted by Gasteiger charge is 2.36. The molecule has 0 atom stereocenters. The molecule has 0 aliphatic carbocycles. The highest BCUT2D eigenvalue weighted by molar-refractivity contribution is 8.19. The molecule has 1 aliphatic rings. The van der Waals surface area contributed by atoms with Crippen LogP contribution < -0.4 is 4.90 Å². The number of nitrogens with zero attached hydrogens (tertiary/aromatic N) is 1. The predicted molar refractivity (Wildman–Crippen MR) is 106 cm³/mol. The molecule has 4 rings (SSSR count). The fraction of sp³-hybridized carbons (Fsp3) is 0. The molecule has 6 nitrogen and oxygen atoms in total. The molecule has 28 heavy (non-hydrogen) atoms. The minimum absolute atomic E-state index is 0.185. The summed E-state index contributed by atoms with van der Waals surface area (Å²) in [6, 6.07) is 18.4. The van der Waals surface area contributed by atoms with Crippen LogP contribution in [-0.2, 0) is 4.79 Å². The molecule has 138 valence electrons. The summed E-state index contributed by atoms with van der Waals surface area (Å²) in [5.41, 5.74) is 1.42. The molecule has 1 aliphatic heterocycles. The second-order valence-corrected chi connectivity index (χ2v) is 6.93. The zero-order chi connectivity index (χ0) is 19.7. The number of carbonyl (C=O) groups excluding carboxylic acids is 2. The van der Waals surface area contributed by atoms with Gasteiger partial charge in [0.2, 0.25) is 0 Å². The summed E-state index contributed by atoms with van der Waals surface area (Å²) >= 11 is 0.855. The smallest absolute Gasteiger partial charge is 0.335 e. The Labute approximate surface area is 164 Å². The van der Waals surface area contributed by atoms with Gasteiger partial charge in [-0.25, -0.2) is 9.69 Å². The van der Waals surface area contributed by atoms with Crippen molar-refractivity contribution in [1.82, 2.24) is 0 Å². The quantitative estimate of drug-likeness (QED) is 0.638. The molecule has 3 aromatic rings. The zero-order valence-electron chi connectivity index (χ0n) is 14.4. The number of rotatable bonds is 4. The number of amides is 2. The van der Waals surface area contributed by atoms with Crippen molar-refractivity contribution in [3.05, 3.63) is 83.0 Å². The van der Waals surface area contributed by atoms with E-state index in [0.717, 1.165) is 16.7 Å². The van der Waals surface area contributed by atoms with Gasteiger partial charge in [0.05, 0.1) is 16.2 Å². The van der Waals surface area contributed by atoms with Gasteiger partial charge in [-0.3, -0.25) is 9.59 Å². The molecule has 1 fully saturated rings. The molecule has 2 heterocycles. The van der Waals surface area contributed by atoms with E-state index in [0.29, 0.717) is 22.8 Å². The lowest BCUT2D eigenvalue weighted by Crippen LogP contribution is -2.27. The largest absolute Gasteiger partial charge is 0.478 e. The molecule has 0 bridgehead atoms. The van der Waals surface area contributed by atoms with E-state index < -0.39 is 11.9 Å². The Morgan fingerprint density at radius 2 is 1.68 bits per heavy atom. The lowest BCUT2D eigenvalue weighted by molar-refractivity contribution is -0.113. The first kappa shape index (κ1) is 17.8. The number of thioether (sulfide) groups is 1. The first-order valence-corrected chi connectivity index (χ1v) is 9.11. The summed E-state index contributed by atoms with van der Waals surface area (Å²) < 4.78 is 5.74. The summed E-state index contributed by atoms with van der Waals surface area (Å²) in [6.07, 6.45) is 1.53. The van der Waals surface area contributed by atoms with Crippen molar-refractivity contribution in [3.63, 3.8) is 0 Å². The molecular weight excluding hydrogens is 378 g/mol. The maximum absolute atomic E-state index is 12.6. The number of carbonyl (C=O) groups is 3. The summed E-state index contributed by atoms with van der Waals surface area (Å²) in [7, 11) is 0. The number of anilines is 1. The van der Waals surface area contributed by atoms with Crippen molar-refractivity contribution in [3.8, 4) is 11.3 Å². The first-order valence-electron chi connectivity index (χ1n) is 8.29. The van der Waals surface area contributed by atoms with Crippen LogP contribution in [0.2, 0.25) is 0 Å². The normalized spacial score (nSPS) is 15.4. The topological polar surface area (TPSA) is 87.8 Å². The van der Waals surface area contributed by atoms with Crippen molar-refractivity contribution in [2.75, 3.05) is 4.90 Å². The van der Waals surface area contributed by atoms with Gasteiger partial charge in [0.15, 0.2) is 0 Å². The van der Waals surface area contributed by atoms with Gasteiger partial charge in [-0.1, -0.05) is 30.3 Å². The molecule has 1 aromatic heterocycles. The number of aromatic carboxylic acids is 1. The average Bonchev–Trinajstić information content (AvgIpc) is 3.27. The number of benzene rings is 2. The Kier molecular flexibility index (Phi) is 4.58. The number of furan rings is 1. The van der Waals surface area contributed by atoms with Gasteiger partial charge in [0, 0.05) is 11.6 Å². The van der Waals surface area contributed by atoms with E-state index >= 15 is 0 Å². The monoisotopic (exact) mass is 391 g/mol. The van der Waals surface area contributed by atoms with E-state index in [9.17, 15) is 14.4 Å². The van der Waals surface area contributed by atoms with Gasteiger partial charge >= 0.3 is 5.97 Å². The minimum Gasteiger partial charge on any atom is -0.478 e. The molecular formula is C21H13NO5S. The van der Waals surface area contributed by atoms with Gasteiger partial charge < -0.3 is 9.52 Å². The van der Waals surface area contributed by atoms with E-state index in [1.54, 1.807) is 48.5 Å². The number of hydrogen-bond acceptors (Lipinski definition) is 5. The van der Waals surface area contributed by atoms with E-state index in [2.05, 4.69) is 0 Å². The van der Waals surface area contributed by atoms with Crippen LogP contribution in [-0.4, -0.2) is 22.2 Å². The van der Waals surface area contributed by atoms with Gasteiger partial charge in [-0.05, 0) is 48.2 Å². The molecule has 7 heteroatoms.